The van der Waals surface area contributed by atoms with E-state index in [-0.39, 0.29) is 11.9 Å². The van der Waals surface area contributed by atoms with Gasteiger partial charge in [0.05, 0.1) is 13.0 Å². The maximum Gasteiger partial charge on any atom is 0.323 e. The second-order valence-electron chi connectivity index (χ2n) is 6.46. The number of unbranched alkanes of at least 4 members (excludes halogenated alkanes) is 1. The fourth-order valence-corrected chi connectivity index (χ4v) is 3.07. The van der Waals surface area contributed by atoms with Crippen LogP contribution in [0.25, 0.3) is 0 Å². The number of likely N-dealkylation sites (N-methyl/N-ethyl adjacent to an activating group) is 1. The van der Waals surface area contributed by atoms with Gasteiger partial charge in [-0.05, 0) is 61.4 Å². The van der Waals surface area contributed by atoms with Crippen LogP contribution >= 0.6 is 0 Å². The van der Waals surface area contributed by atoms with Crippen LogP contribution in [-0.4, -0.2) is 25.1 Å². The van der Waals surface area contributed by atoms with E-state index in [9.17, 15) is 9.59 Å². The maximum absolute atomic E-state index is 12.2. The molecule has 3 amide bonds. The van der Waals surface area contributed by atoms with Crippen molar-refractivity contribution in [2.45, 2.75) is 33.1 Å². The largest absolute Gasteiger partial charge is 0.494 e. The second-order valence-corrected chi connectivity index (χ2v) is 6.46. The van der Waals surface area contributed by atoms with Gasteiger partial charge in [0.1, 0.15) is 5.75 Å². The van der Waals surface area contributed by atoms with Crippen molar-refractivity contribution in [1.82, 2.24) is 0 Å². The Hall–Kier alpha value is -3.02. The minimum atomic E-state index is -0.328. The van der Waals surface area contributed by atoms with Gasteiger partial charge >= 0.3 is 6.03 Å². The molecule has 1 heterocycles. The van der Waals surface area contributed by atoms with Gasteiger partial charge in [0.15, 0.2) is 0 Å². The lowest BCUT2D eigenvalue weighted by Crippen LogP contribution is -2.25. The molecule has 1 aliphatic heterocycles. The zero-order valence-corrected chi connectivity index (χ0v) is 15.7. The molecule has 27 heavy (non-hydrogen) atoms. The summed E-state index contributed by atoms with van der Waals surface area (Å²) in [6.07, 6.45) is 2.48. The normalized spacial score (nSPS) is 12.7. The first-order valence-corrected chi connectivity index (χ1v) is 9.35. The molecule has 0 aromatic heterocycles. The zero-order valence-electron chi connectivity index (χ0n) is 15.7. The number of carbonyl (C=O) groups excluding carboxylic acids is 2. The molecule has 142 valence electrons. The minimum Gasteiger partial charge on any atom is -0.494 e. The van der Waals surface area contributed by atoms with Crippen molar-refractivity contribution in [3.05, 3.63) is 48.0 Å². The lowest BCUT2D eigenvalue weighted by molar-refractivity contribution is -0.117. The molecule has 1 aliphatic rings. The molecule has 0 bridgehead atoms. The fraction of sp³-hybridized carbons (Fsp3) is 0.333. The van der Waals surface area contributed by atoms with Gasteiger partial charge in [-0.2, -0.15) is 0 Å². The van der Waals surface area contributed by atoms with Crippen molar-refractivity contribution in [2.75, 3.05) is 28.7 Å². The number of rotatable bonds is 7. The molecule has 0 aliphatic carbocycles. The lowest BCUT2D eigenvalue weighted by Gasteiger charge is -2.15. The highest BCUT2D eigenvalue weighted by Gasteiger charge is 2.25. The van der Waals surface area contributed by atoms with Crippen molar-refractivity contribution in [1.29, 1.82) is 0 Å². The summed E-state index contributed by atoms with van der Waals surface area (Å²) in [5, 5.41) is 5.61. The van der Waals surface area contributed by atoms with E-state index in [1.807, 2.05) is 37.3 Å². The molecule has 2 N–H and O–H groups in total. The number of urea groups is 1. The van der Waals surface area contributed by atoms with Gasteiger partial charge in [-0.3, -0.25) is 4.79 Å². The van der Waals surface area contributed by atoms with E-state index in [0.717, 1.165) is 29.8 Å². The van der Waals surface area contributed by atoms with Crippen LogP contribution in [0.5, 0.6) is 5.75 Å². The molecule has 0 atom stereocenters. The smallest absolute Gasteiger partial charge is 0.323 e. The molecule has 6 nitrogen and oxygen atoms in total. The van der Waals surface area contributed by atoms with E-state index in [0.29, 0.717) is 30.9 Å². The molecule has 0 unspecified atom stereocenters. The summed E-state index contributed by atoms with van der Waals surface area (Å²) in [5.74, 6) is 0.883. The average molecular weight is 367 g/mol. The van der Waals surface area contributed by atoms with E-state index >= 15 is 0 Å². The molecule has 3 rings (SSSR count). The number of amides is 3. The first-order chi connectivity index (χ1) is 13.1. The summed E-state index contributed by atoms with van der Waals surface area (Å²) < 4.78 is 5.61. The third-order valence-electron chi connectivity index (χ3n) is 4.47. The van der Waals surface area contributed by atoms with Crippen molar-refractivity contribution >= 4 is 29.0 Å². The van der Waals surface area contributed by atoms with Crippen LogP contribution < -0.4 is 20.3 Å². The zero-order chi connectivity index (χ0) is 19.2. The van der Waals surface area contributed by atoms with Gasteiger partial charge in [0.2, 0.25) is 5.91 Å². The highest BCUT2D eigenvalue weighted by atomic mass is 16.5. The van der Waals surface area contributed by atoms with Crippen LogP contribution in [0.3, 0.4) is 0 Å². The number of anilines is 3. The number of nitrogens with zero attached hydrogens (tertiary/aromatic N) is 1. The summed E-state index contributed by atoms with van der Waals surface area (Å²) in [7, 11) is 0. The molecule has 0 spiro atoms. The van der Waals surface area contributed by atoms with E-state index in [2.05, 4.69) is 17.6 Å². The summed E-state index contributed by atoms with van der Waals surface area (Å²) in [4.78, 5) is 25.9. The molecule has 2 aromatic rings. The SMILES string of the molecule is CCCCOc1ccc(NC(=O)Nc2ccc3c(c2)CC(=O)N3CC)cc1. The molecule has 0 saturated heterocycles. The predicted molar refractivity (Wildman–Crippen MR) is 108 cm³/mol. The first-order valence-electron chi connectivity index (χ1n) is 9.35. The van der Waals surface area contributed by atoms with E-state index in [1.54, 1.807) is 17.0 Å². The number of fused-ring (bicyclic) bond motifs is 1. The van der Waals surface area contributed by atoms with Gasteiger partial charge < -0.3 is 20.3 Å². The molecular weight excluding hydrogens is 342 g/mol. The third-order valence-corrected chi connectivity index (χ3v) is 4.47. The number of benzene rings is 2. The average Bonchev–Trinajstić information content (AvgIpc) is 2.97. The standard InChI is InChI=1S/C21H25N3O3/c1-3-5-12-27-18-9-6-16(7-10-18)22-21(26)23-17-8-11-19-15(13-17)14-20(25)24(19)4-2/h6-11,13H,3-5,12,14H2,1-2H3,(H2,22,23,26). The predicted octanol–water partition coefficient (Wildman–Crippen LogP) is 4.42. The third kappa shape index (κ3) is 4.58. The number of carbonyl (C=O) groups is 2. The Labute approximate surface area is 159 Å². The van der Waals surface area contributed by atoms with Crippen LogP contribution in [0, 0.1) is 0 Å². The highest BCUT2D eigenvalue weighted by molar-refractivity contribution is 6.03. The molecular formula is C21H25N3O3. The van der Waals surface area contributed by atoms with Gasteiger partial charge in [-0.15, -0.1) is 0 Å². The molecule has 2 aromatic carbocycles. The molecule has 0 saturated carbocycles. The van der Waals surface area contributed by atoms with Crippen molar-refractivity contribution in [2.24, 2.45) is 0 Å². The minimum absolute atomic E-state index is 0.0929. The van der Waals surface area contributed by atoms with Crippen LogP contribution in [0.15, 0.2) is 42.5 Å². The Kier molecular flexibility index (Phi) is 5.96. The lowest BCUT2D eigenvalue weighted by atomic mass is 10.1. The maximum atomic E-state index is 12.2. The van der Waals surface area contributed by atoms with E-state index in [1.165, 1.54) is 0 Å². The monoisotopic (exact) mass is 367 g/mol. The Morgan fingerprint density at radius 1 is 1.07 bits per heavy atom. The summed E-state index contributed by atoms with van der Waals surface area (Å²) in [6.45, 7) is 5.41. The molecule has 6 heteroatoms. The number of hydrogen-bond donors (Lipinski definition) is 2. The summed E-state index contributed by atoms with van der Waals surface area (Å²) in [6, 6.07) is 12.5. The van der Waals surface area contributed by atoms with Crippen molar-refractivity contribution in [3.8, 4) is 5.75 Å². The Bertz CT molecular complexity index is 818. The van der Waals surface area contributed by atoms with E-state index < -0.39 is 0 Å². The van der Waals surface area contributed by atoms with Gasteiger partial charge in [-0.25, -0.2) is 4.79 Å². The van der Waals surface area contributed by atoms with Gasteiger partial charge in [-0.1, -0.05) is 13.3 Å². The second kappa shape index (κ2) is 8.58. The Morgan fingerprint density at radius 3 is 2.48 bits per heavy atom. The van der Waals surface area contributed by atoms with Crippen LogP contribution in [0.1, 0.15) is 32.3 Å². The topological polar surface area (TPSA) is 70.7 Å². The Balaban J connectivity index is 1.57. The Morgan fingerprint density at radius 2 is 1.78 bits per heavy atom. The van der Waals surface area contributed by atoms with Gasteiger partial charge in [0, 0.05) is 23.6 Å². The van der Waals surface area contributed by atoms with Gasteiger partial charge in [0.25, 0.3) is 0 Å². The quantitative estimate of drug-likeness (QED) is 0.712. The first kappa shape index (κ1) is 18.8. The van der Waals surface area contributed by atoms with Crippen LogP contribution in [0.2, 0.25) is 0 Å². The van der Waals surface area contributed by atoms with Crippen molar-refractivity contribution in [3.63, 3.8) is 0 Å². The highest BCUT2D eigenvalue weighted by Crippen LogP contribution is 2.31. The van der Waals surface area contributed by atoms with Crippen LogP contribution in [0.4, 0.5) is 21.9 Å². The number of ether oxygens (including phenoxy) is 1. The van der Waals surface area contributed by atoms with Crippen molar-refractivity contribution < 1.29 is 14.3 Å². The molecule has 0 radical (unpaired) electrons. The number of nitrogens with one attached hydrogen (secondary N) is 2. The fourth-order valence-electron chi connectivity index (χ4n) is 3.07. The van der Waals surface area contributed by atoms with Crippen LogP contribution in [-0.2, 0) is 11.2 Å². The number of hydrogen-bond acceptors (Lipinski definition) is 3. The summed E-state index contributed by atoms with van der Waals surface area (Å²) >= 11 is 0. The van der Waals surface area contributed by atoms with E-state index in [4.69, 9.17) is 4.74 Å². The molecule has 0 fully saturated rings. The summed E-state index contributed by atoms with van der Waals surface area (Å²) in [5.41, 5.74) is 3.21.